The summed E-state index contributed by atoms with van der Waals surface area (Å²) >= 11 is 12.0. The second kappa shape index (κ2) is 7.76. The van der Waals surface area contributed by atoms with E-state index in [1.165, 1.54) is 21.0 Å². The lowest BCUT2D eigenvalue weighted by atomic mass is 9.90. The fraction of sp³-hybridized carbons (Fsp3) is 0.222. The minimum absolute atomic E-state index is 0.224. The standard InChI is InChI=1S/C18H18Cl2N2O3/c1-18(2,16(23)21-11-6-4-7-12(10-11)25-3)17(24)22-14-9-5-8-13(19)15(14)20/h4-10H,1-3H3,(H,21,23)(H,22,24). The third-order valence-electron chi connectivity index (χ3n) is 3.66. The number of hydrogen-bond donors (Lipinski definition) is 2. The molecule has 25 heavy (non-hydrogen) atoms. The average molecular weight is 381 g/mol. The number of benzene rings is 2. The van der Waals surface area contributed by atoms with Gasteiger partial charge in [0.05, 0.1) is 22.8 Å². The Kier molecular flexibility index (Phi) is 5.93. The third kappa shape index (κ3) is 4.44. The molecule has 0 atom stereocenters. The first-order chi connectivity index (χ1) is 11.8. The molecule has 7 heteroatoms. The Morgan fingerprint density at radius 2 is 1.64 bits per heavy atom. The minimum Gasteiger partial charge on any atom is -0.497 e. The number of halogens is 2. The topological polar surface area (TPSA) is 67.4 Å². The van der Waals surface area contributed by atoms with Crippen LogP contribution in [0.15, 0.2) is 42.5 Å². The highest BCUT2D eigenvalue weighted by molar-refractivity contribution is 6.44. The van der Waals surface area contributed by atoms with Gasteiger partial charge in [0.25, 0.3) is 0 Å². The van der Waals surface area contributed by atoms with Crippen molar-refractivity contribution in [2.75, 3.05) is 17.7 Å². The molecule has 0 fully saturated rings. The summed E-state index contributed by atoms with van der Waals surface area (Å²) in [6.45, 7) is 3.05. The monoisotopic (exact) mass is 380 g/mol. The molecular weight excluding hydrogens is 363 g/mol. The lowest BCUT2D eigenvalue weighted by Crippen LogP contribution is -2.41. The van der Waals surface area contributed by atoms with Crippen LogP contribution in [0.1, 0.15) is 13.8 Å². The summed E-state index contributed by atoms with van der Waals surface area (Å²) in [5.74, 6) is -0.362. The van der Waals surface area contributed by atoms with Gasteiger partial charge in [-0.2, -0.15) is 0 Å². The molecule has 0 aromatic heterocycles. The molecule has 0 unspecified atom stereocenters. The summed E-state index contributed by atoms with van der Waals surface area (Å²) in [5, 5.41) is 5.89. The van der Waals surface area contributed by atoms with Gasteiger partial charge in [-0.3, -0.25) is 9.59 Å². The Balaban J connectivity index is 2.14. The molecule has 2 amide bonds. The van der Waals surface area contributed by atoms with E-state index in [2.05, 4.69) is 10.6 Å². The average Bonchev–Trinajstić information content (AvgIpc) is 2.59. The SMILES string of the molecule is COc1cccc(NC(=O)C(C)(C)C(=O)Nc2cccc(Cl)c2Cl)c1. The summed E-state index contributed by atoms with van der Waals surface area (Å²) in [6, 6.07) is 11.8. The molecule has 0 radical (unpaired) electrons. The maximum atomic E-state index is 12.6. The van der Waals surface area contributed by atoms with Gasteiger partial charge in [0.15, 0.2) is 0 Å². The van der Waals surface area contributed by atoms with Gasteiger partial charge in [-0.05, 0) is 38.1 Å². The molecule has 2 N–H and O–H groups in total. The first-order valence-electron chi connectivity index (χ1n) is 7.46. The van der Waals surface area contributed by atoms with Gasteiger partial charge in [-0.15, -0.1) is 0 Å². The van der Waals surface area contributed by atoms with E-state index in [9.17, 15) is 9.59 Å². The van der Waals surface area contributed by atoms with Crippen molar-refractivity contribution in [3.63, 3.8) is 0 Å². The van der Waals surface area contributed by atoms with Crippen LogP contribution in [-0.4, -0.2) is 18.9 Å². The quantitative estimate of drug-likeness (QED) is 0.744. The predicted molar refractivity (Wildman–Crippen MR) is 100 cm³/mol. The number of nitrogens with one attached hydrogen (secondary N) is 2. The normalized spacial score (nSPS) is 10.9. The zero-order valence-corrected chi connectivity index (χ0v) is 15.5. The predicted octanol–water partition coefficient (Wildman–Crippen LogP) is 4.61. The zero-order chi connectivity index (χ0) is 18.6. The van der Waals surface area contributed by atoms with Gasteiger partial charge in [-0.1, -0.05) is 35.3 Å². The Hall–Kier alpha value is -2.24. The maximum Gasteiger partial charge on any atom is 0.239 e. The van der Waals surface area contributed by atoms with Crippen LogP contribution in [0.4, 0.5) is 11.4 Å². The number of methoxy groups -OCH3 is 1. The second-order valence-corrected chi connectivity index (χ2v) is 6.65. The van der Waals surface area contributed by atoms with Crippen molar-refractivity contribution in [2.24, 2.45) is 5.41 Å². The van der Waals surface area contributed by atoms with Crippen molar-refractivity contribution in [3.8, 4) is 5.75 Å². The maximum absolute atomic E-state index is 12.6. The summed E-state index contributed by atoms with van der Waals surface area (Å²) in [7, 11) is 1.53. The van der Waals surface area contributed by atoms with E-state index >= 15 is 0 Å². The van der Waals surface area contributed by atoms with Gasteiger partial charge in [-0.25, -0.2) is 0 Å². The van der Waals surface area contributed by atoms with Crippen LogP contribution >= 0.6 is 23.2 Å². The smallest absolute Gasteiger partial charge is 0.239 e. The number of hydrogen-bond acceptors (Lipinski definition) is 3. The molecular formula is C18H18Cl2N2O3. The van der Waals surface area contributed by atoms with Gasteiger partial charge >= 0.3 is 0 Å². The van der Waals surface area contributed by atoms with Gasteiger partial charge in [0.1, 0.15) is 11.2 Å². The van der Waals surface area contributed by atoms with Crippen LogP contribution in [0, 0.1) is 5.41 Å². The molecule has 0 aliphatic rings. The lowest BCUT2D eigenvalue weighted by molar-refractivity contribution is -0.135. The van der Waals surface area contributed by atoms with Crippen LogP contribution in [0.3, 0.4) is 0 Å². The lowest BCUT2D eigenvalue weighted by Gasteiger charge is -2.23. The fourth-order valence-corrected chi connectivity index (χ4v) is 2.32. The van der Waals surface area contributed by atoms with Crippen LogP contribution in [-0.2, 0) is 9.59 Å². The van der Waals surface area contributed by atoms with E-state index in [1.807, 2.05) is 0 Å². The van der Waals surface area contributed by atoms with Crippen molar-refractivity contribution in [1.82, 2.24) is 0 Å². The highest BCUT2D eigenvalue weighted by atomic mass is 35.5. The summed E-state index contributed by atoms with van der Waals surface area (Å²) in [4.78, 5) is 25.1. The molecule has 0 bridgehead atoms. The van der Waals surface area contributed by atoms with Crippen LogP contribution in [0.2, 0.25) is 10.0 Å². The van der Waals surface area contributed by atoms with Gasteiger partial charge < -0.3 is 15.4 Å². The molecule has 132 valence electrons. The molecule has 0 saturated carbocycles. The highest BCUT2D eigenvalue weighted by Gasteiger charge is 2.36. The van der Waals surface area contributed by atoms with Crippen molar-refractivity contribution >= 4 is 46.4 Å². The molecule has 0 aliphatic heterocycles. The Labute approximate surface area is 156 Å². The van der Waals surface area contributed by atoms with Gasteiger partial charge in [0, 0.05) is 11.8 Å². The van der Waals surface area contributed by atoms with E-state index in [0.29, 0.717) is 22.1 Å². The zero-order valence-electron chi connectivity index (χ0n) is 14.0. The van der Waals surface area contributed by atoms with E-state index in [0.717, 1.165) is 0 Å². The fourth-order valence-electron chi connectivity index (χ4n) is 1.97. The van der Waals surface area contributed by atoms with Crippen LogP contribution in [0.25, 0.3) is 0 Å². The highest BCUT2D eigenvalue weighted by Crippen LogP contribution is 2.31. The van der Waals surface area contributed by atoms with Crippen molar-refractivity contribution in [1.29, 1.82) is 0 Å². The Bertz CT molecular complexity index is 807. The molecule has 2 aromatic carbocycles. The van der Waals surface area contributed by atoms with Gasteiger partial charge in [0.2, 0.25) is 11.8 Å². The third-order valence-corrected chi connectivity index (χ3v) is 4.48. The number of carbonyl (C=O) groups is 2. The number of amides is 2. The largest absolute Gasteiger partial charge is 0.497 e. The Morgan fingerprint density at radius 3 is 2.32 bits per heavy atom. The molecule has 2 aromatic rings. The Morgan fingerprint density at radius 1 is 1.00 bits per heavy atom. The summed E-state index contributed by atoms with van der Waals surface area (Å²) in [5.41, 5.74) is -0.457. The van der Waals surface area contributed by atoms with E-state index in [4.69, 9.17) is 27.9 Å². The summed E-state index contributed by atoms with van der Waals surface area (Å²) in [6.07, 6.45) is 0. The van der Waals surface area contributed by atoms with Crippen LogP contribution in [0.5, 0.6) is 5.75 Å². The minimum atomic E-state index is -1.34. The molecule has 5 nitrogen and oxygen atoms in total. The van der Waals surface area contributed by atoms with E-state index < -0.39 is 17.2 Å². The van der Waals surface area contributed by atoms with E-state index in [-0.39, 0.29) is 5.02 Å². The number of carbonyl (C=O) groups excluding carboxylic acids is 2. The molecule has 0 aliphatic carbocycles. The van der Waals surface area contributed by atoms with Crippen molar-refractivity contribution < 1.29 is 14.3 Å². The van der Waals surface area contributed by atoms with Crippen LogP contribution < -0.4 is 15.4 Å². The second-order valence-electron chi connectivity index (χ2n) is 5.87. The molecule has 0 saturated heterocycles. The molecule has 0 spiro atoms. The first kappa shape index (κ1) is 19.1. The summed E-state index contributed by atoms with van der Waals surface area (Å²) < 4.78 is 5.12. The molecule has 0 heterocycles. The van der Waals surface area contributed by atoms with Crippen molar-refractivity contribution in [3.05, 3.63) is 52.5 Å². The molecule has 2 rings (SSSR count). The van der Waals surface area contributed by atoms with E-state index in [1.54, 1.807) is 42.5 Å². The number of ether oxygens (including phenoxy) is 1. The number of anilines is 2. The number of rotatable bonds is 5. The van der Waals surface area contributed by atoms with Crippen molar-refractivity contribution in [2.45, 2.75) is 13.8 Å². The first-order valence-corrected chi connectivity index (χ1v) is 8.22.